The van der Waals surface area contributed by atoms with Crippen LogP contribution in [0.4, 0.5) is 10.1 Å². The van der Waals surface area contributed by atoms with Crippen LogP contribution >= 0.6 is 0 Å². The Kier molecular flexibility index (Phi) is 3.36. The highest BCUT2D eigenvalue weighted by atomic mass is 19.1. The van der Waals surface area contributed by atoms with Crippen molar-refractivity contribution in [1.29, 1.82) is 0 Å². The summed E-state index contributed by atoms with van der Waals surface area (Å²) in [6, 6.07) is 7.14. The summed E-state index contributed by atoms with van der Waals surface area (Å²) in [6.45, 7) is 8.79. The van der Waals surface area contributed by atoms with Crippen LogP contribution in [-0.2, 0) is 0 Å². The van der Waals surface area contributed by atoms with Gasteiger partial charge in [-0.05, 0) is 45.5 Å². The maximum atomic E-state index is 14.0. The molecule has 3 nitrogen and oxygen atoms in total. The predicted molar refractivity (Wildman–Crippen MR) is 84.8 cm³/mol. The third kappa shape index (κ3) is 2.60. The first kappa shape index (κ1) is 14.3. The van der Waals surface area contributed by atoms with E-state index >= 15 is 0 Å². The van der Waals surface area contributed by atoms with E-state index in [4.69, 9.17) is 0 Å². The minimum atomic E-state index is -0.231. The van der Waals surface area contributed by atoms with E-state index in [9.17, 15) is 4.39 Å². The van der Waals surface area contributed by atoms with Gasteiger partial charge in [-0.25, -0.2) is 4.39 Å². The molecule has 2 heterocycles. The molecule has 1 aromatic heterocycles. The Morgan fingerprint density at radius 1 is 1.24 bits per heavy atom. The molecular weight excluding hydrogens is 265 g/mol. The van der Waals surface area contributed by atoms with Gasteiger partial charge in [0, 0.05) is 41.5 Å². The Balaban J connectivity index is 2.08. The molecule has 21 heavy (non-hydrogen) atoms. The van der Waals surface area contributed by atoms with Crippen LogP contribution in [0.25, 0.3) is 10.9 Å². The molecule has 0 atom stereocenters. The van der Waals surface area contributed by atoms with E-state index in [1.54, 1.807) is 6.07 Å². The van der Waals surface area contributed by atoms with Crippen LogP contribution in [0.5, 0.6) is 0 Å². The fourth-order valence-corrected chi connectivity index (χ4v) is 2.94. The largest absolute Gasteiger partial charge is 0.452 e. The van der Waals surface area contributed by atoms with E-state index < -0.39 is 0 Å². The summed E-state index contributed by atoms with van der Waals surface area (Å²) in [5.41, 5.74) is 2.52. The molecule has 1 aromatic carbocycles. The second-order valence-corrected chi connectivity index (χ2v) is 6.44. The van der Waals surface area contributed by atoms with Crippen molar-refractivity contribution < 1.29 is 4.39 Å². The highest BCUT2D eigenvalue weighted by molar-refractivity contribution is 5.92. The molecule has 0 aliphatic carbocycles. The molecule has 1 aliphatic rings. The summed E-state index contributed by atoms with van der Waals surface area (Å²) in [6.07, 6.45) is 0. The standard InChI is InChI=1S/C17H21FN3/c1-12-5-6-14-15(19-12)9-13(18)10-16(14)21-8-7-20(4)17(2,3)11-21/h5-6,9-10H,4,7-8,11H2,1-3H3/q-1. The van der Waals surface area contributed by atoms with Crippen LogP contribution < -0.4 is 4.90 Å². The second kappa shape index (κ2) is 4.95. The second-order valence-electron chi connectivity index (χ2n) is 6.44. The minimum absolute atomic E-state index is 0.0327. The van der Waals surface area contributed by atoms with Gasteiger partial charge in [-0.1, -0.05) is 0 Å². The van der Waals surface area contributed by atoms with Crippen molar-refractivity contribution in [3.63, 3.8) is 0 Å². The van der Waals surface area contributed by atoms with Gasteiger partial charge in [0.25, 0.3) is 0 Å². The average molecular weight is 286 g/mol. The zero-order valence-corrected chi connectivity index (χ0v) is 12.9. The summed E-state index contributed by atoms with van der Waals surface area (Å²) in [5.74, 6) is -0.231. The SMILES string of the molecule is [CH2-]N1CCN(c2cc(F)cc3nc(C)ccc23)CC1(C)C. The molecule has 112 valence electrons. The molecule has 1 saturated heterocycles. The van der Waals surface area contributed by atoms with Gasteiger partial charge >= 0.3 is 0 Å². The molecule has 0 N–H and O–H groups in total. The lowest BCUT2D eigenvalue weighted by atomic mass is 9.98. The van der Waals surface area contributed by atoms with Crippen molar-refractivity contribution in [1.82, 2.24) is 9.88 Å². The summed E-state index contributed by atoms with van der Waals surface area (Å²) < 4.78 is 14.0. The van der Waals surface area contributed by atoms with Crippen molar-refractivity contribution in [2.24, 2.45) is 0 Å². The summed E-state index contributed by atoms with van der Waals surface area (Å²) in [5, 5.41) is 1.01. The van der Waals surface area contributed by atoms with Crippen molar-refractivity contribution >= 4 is 16.6 Å². The van der Waals surface area contributed by atoms with Crippen molar-refractivity contribution in [2.75, 3.05) is 24.5 Å². The number of nitrogens with zero attached hydrogens (tertiary/aromatic N) is 3. The van der Waals surface area contributed by atoms with E-state index in [0.717, 1.165) is 41.9 Å². The van der Waals surface area contributed by atoms with Gasteiger partial charge in [0.2, 0.25) is 0 Å². The molecule has 3 rings (SSSR count). The van der Waals surface area contributed by atoms with E-state index in [-0.39, 0.29) is 11.4 Å². The van der Waals surface area contributed by atoms with Gasteiger partial charge in [0.05, 0.1) is 5.52 Å². The number of hydrogen-bond acceptors (Lipinski definition) is 3. The van der Waals surface area contributed by atoms with Crippen LogP contribution in [-0.4, -0.2) is 35.1 Å². The molecule has 1 fully saturated rings. The molecular formula is C17H21FN3-. The third-order valence-corrected chi connectivity index (χ3v) is 4.30. The first-order valence-corrected chi connectivity index (χ1v) is 7.27. The van der Waals surface area contributed by atoms with Crippen LogP contribution in [0.15, 0.2) is 24.3 Å². The Morgan fingerprint density at radius 2 is 2.00 bits per heavy atom. The molecule has 0 amide bonds. The quantitative estimate of drug-likeness (QED) is 0.749. The molecule has 1 aliphatic heterocycles. The monoisotopic (exact) mass is 286 g/mol. The molecule has 4 heteroatoms. The number of fused-ring (bicyclic) bond motifs is 1. The number of hydrogen-bond donors (Lipinski definition) is 0. The van der Waals surface area contributed by atoms with E-state index in [0.29, 0.717) is 0 Å². The molecule has 0 spiro atoms. The molecule has 0 bridgehead atoms. The summed E-state index contributed by atoms with van der Waals surface area (Å²) in [7, 11) is 4.09. The molecule has 2 aromatic rings. The number of halogens is 1. The van der Waals surface area contributed by atoms with Gasteiger partial charge < -0.3 is 9.80 Å². The molecule has 0 saturated carbocycles. The first-order valence-electron chi connectivity index (χ1n) is 7.27. The third-order valence-electron chi connectivity index (χ3n) is 4.30. The zero-order chi connectivity index (χ0) is 15.2. The fraction of sp³-hybridized carbons (Fsp3) is 0.412. The van der Waals surface area contributed by atoms with Gasteiger partial charge in [-0.3, -0.25) is 12.0 Å². The first-order chi connectivity index (χ1) is 9.87. The van der Waals surface area contributed by atoms with Gasteiger partial charge in [0.15, 0.2) is 0 Å². The average Bonchev–Trinajstić information content (AvgIpc) is 2.40. The lowest BCUT2D eigenvalue weighted by Crippen LogP contribution is -2.57. The van der Waals surface area contributed by atoms with Crippen molar-refractivity contribution in [2.45, 2.75) is 26.3 Å². The predicted octanol–water partition coefficient (Wildman–Crippen LogP) is 3.37. The van der Waals surface area contributed by atoms with Crippen LogP contribution in [0.3, 0.4) is 0 Å². The van der Waals surface area contributed by atoms with E-state index in [1.807, 2.05) is 19.1 Å². The normalized spacial score (nSPS) is 19.2. The van der Waals surface area contributed by atoms with Crippen LogP contribution in [0.1, 0.15) is 19.5 Å². The highest BCUT2D eigenvalue weighted by Crippen LogP contribution is 2.31. The Morgan fingerprint density at radius 3 is 2.71 bits per heavy atom. The summed E-state index contributed by atoms with van der Waals surface area (Å²) in [4.78, 5) is 8.80. The fourth-order valence-electron chi connectivity index (χ4n) is 2.94. The lowest BCUT2D eigenvalue weighted by Gasteiger charge is -2.51. The zero-order valence-electron chi connectivity index (χ0n) is 12.9. The number of rotatable bonds is 1. The van der Waals surface area contributed by atoms with Gasteiger partial charge in [-0.15, -0.1) is 0 Å². The Labute approximate surface area is 125 Å². The number of aryl methyl sites for hydroxylation is 1. The number of pyridine rings is 1. The number of anilines is 1. The number of piperazine rings is 1. The van der Waals surface area contributed by atoms with Crippen molar-refractivity contribution in [3.05, 3.63) is 42.8 Å². The Hall–Kier alpha value is -1.68. The maximum absolute atomic E-state index is 14.0. The molecule has 0 unspecified atom stereocenters. The Bertz CT molecular complexity index is 676. The minimum Gasteiger partial charge on any atom is -0.452 e. The van der Waals surface area contributed by atoms with Gasteiger partial charge in [0.1, 0.15) is 5.82 Å². The number of aromatic nitrogens is 1. The van der Waals surface area contributed by atoms with Crippen LogP contribution in [0.2, 0.25) is 0 Å². The lowest BCUT2D eigenvalue weighted by molar-refractivity contribution is 0.161. The van der Waals surface area contributed by atoms with Crippen molar-refractivity contribution in [3.8, 4) is 0 Å². The molecule has 0 radical (unpaired) electrons. The topological polar surface area (TPSA) is 19.4 Å². The van der Waals surface area contributed by atoms with E-state index in [1.165, 1.54) is 6.07 Å². The highest BCUT2D eigenvalue weighted by Gasteiger charge is 2.28. The number of benzene rings is 1. The summed E-state index contributed by atoms with van der Waals surface area (Å²) >= 11 is 0. The smallest absolute Gasteiger partial charge is 0.127 e. The van der Waals surface area contributed by atoms with Gasteiger partial charge in [-0.2, -0.15) is 0 Å². The van der Waals surface area contributed by atoms with Crippen LogP contribution in [0, 0.1) is 19.8 Å². The van der Waals surface area contributed by atoms with E-state index in [2.05, 4.69) is 35.7 Å². The maximum Gasteiger partial charge on any atom is 0.127 e.